The minimum Gasteiger partial charge on any atom is -0.539 e. The van der Waals surface area contributed by atoms with Crippen LogP contribution in [-0.4, -0.2) is 89.4 Å². The van der Waals surface area contributed by atoms with Crippen LogP contribution in [0.3, 0.4) is 0 Å². The Balaban J connectivity index is 2.73. The van der Waals surface area contributed by atoms with Gasteiger partial charge in [0, 0.05) is 32.6 Å². The van der Waals surface area contributed by atoms with E-state index in [1.807, 2.05) is 33.9 Å². The zero-order chi connectivity index (χ0) is 36.9. The molecular formula is C35H50O13Si. The molecule has 2 rings (SSSR count). The molecule has 0 radical (unpaired) electrons. The first kappa shape index (κ1) is 40.9. The lowest BCUT2D eigenvalue weighted by Gasteiger charge is -2.36. The van der Waals surface area contributed by atoms with Crippen molar-refractivity contribution < 1.29 is 61.4 Å². The quantitative estimate of drug-likeness (QED) is 0.0576. The Bertz CT molecular complexity index is 1490. The fraction of sp³-hybridized carbons (Fsp3) is 0.514. The highest BCUT2D eigenvalue weighted by Gasteiger charge is 2.41. The van der Waals surface area contributed by atoms with Crippen molar-refractivity contribution >= 4 is 32.1 Å². The molecule has 2 aromatic carbocycles. The van der Waals surface area contributed by atoms with Gasteiger partial charge < -0.3 is 47.1 Å². The number of esters is 2. The number of rotatable bonds is 19. The van der Waals surface area contributed by atoms with Gasteiger partial charge in [0.15, 0.2) is 42.3 Å². The number of carbonyl (C=O) groups is 3. The molecule has 0 aliphatic heterocycles. The molecule has 0 amide bonds. The molecule has 2 aromatic rings. The largest absolute Gasteiger partial charge is 0.539 e. The smallest absolute Gasteiger partial charge is 0.371 e. The third kappa shape index (κ3) is 10.4. The Kier molecular flexibility index (Phi) is 15.4. The molecule has 0 bridgehead atoms. The Labute approximate surface area is 289 Å². The fourth-order valence-electron chi connectivity index (χ4n) is 4.54. The first-order valence-corrected chi connectivity index (χ1v) is 18.3. The Morgan fingerprint density at radius 1 is 0.776 bits per heavy atom. The second kappa shape index (κ2) is 18.5. The molecule has 0 saturated carbocycles. The lowest BCUT2D eigenvalue weighted by atomic mass is 9.95. The number of carbonyl (C=O) groups excluding carboxylic acids is 3. The van der Waals surface area contributed by atoms with E-state index in [0.29, 0.717) is 28.4 Å². The van der Waals surface area contributed by atoms with E-state index in [9.17, 15) is 14.4 Å². The molecule has 0 unspecified atom stereocenters. The Morgan fingerprint density at radius 3 is 1.88 bits per heavy atom. The van der Waals surface area contributed by atoms with Gasteiger partial charge in [-0.1, -0.05) is 20.8 Å². The van der Waals surface area contributed by atoms with Crippen molar-refractivity contribution in [1.82, 2.24) is 0 Å². The van der Waals surface area contributed by atoms with E-state index in [1.165, 1.54) is 55.8 Å². The monoisotopic (exact) mass is 706 g/mol. The first-order chi connectivity index (χ1) is 23.1. The van der Waals surface area contributed by atoms with Crippen molar-refractivity contribution in [1.29, 1.82) is 0 Å². The number of Topliss-reactive ketones (excluding diaryl/α,β-unsaturated/α-hetero) is 1. The lowest BCUT2D eigenvalue weighted by molar-refractivity contribution is -0.138. The van der Waals surface area contributed by atoms with Gasteiger partial charge in [-0.2, -0.15) is 0 Å². The van der Waals surface area contributed by atoms with E-state index >= 15 is 0 Å². The number of benzene rings is 2. The number of ketones is 1. The maximum Gasteiger partial charge on any atom is 0.371 e. The highest BCUT2D eigenvalue weighted by atomic mass is 28.4. The summed E-state index contributed by atoms with van der Waals surface area (Å²) >= 11 is 0. The van der Waals surface area contributed by atoms with Gasteiger partial charge in [0.05, 0.1) is 35.5 Å². The molecule has 0 fully saturated rings. The van der Waals surface area contributed by atoms with Crippen molar-refractivity contribution in [2.24, 2.45) is 0 Å². The van der Waals surface area contributed by atoms with Crippen LogP contribution in [0.4, 0.5) is 0 Å². The Hall–Kier alpha value is -4.27. The van der Waals surface area contributed by atoms with Crippen LogP contribution in [0.2, 0.25) is 18.1 Å². The van der Waals surface area contributed by atoms with Crippen LogP contribution in [0, 0.1) is 0 Å². The summed E-state index contributed by atoms with van der Waals surface area (Å²) in [5, 5.41) is -0.258. The van der Waals surface area contributed by atoms with E-state index in [0.717, 1.165) is 0 Å². The van der Waals surface area contributed by atoms with Gasteiger partial charge >= 0.3 is 11.9 Å². The predicted molar refractivity (Wildman–Crippen MR) is 184 cm³/mol. The summed E-state index contributed by atoms with van der Waals surface area (Å²) in [5.41, 5.74) is 1.20. The summed E-state index contributed by atoms with van der Waals surface area (Å²) in [6, 6.07) is 5.00. The molecule has 13 nitrogen and oxygen atoms in total. The number of methoxy groups -OCH3 is 7. The third-order valence-corrected chi connectivity index (χ3v) is 12.4. The minimum absolute atomic E-state index is 0.0209. The molecule has 0 atom stereocenters. The van der Waals surface area contributed by atoms with E-state index in [1.54, 1.807) is 18.2 Å². The highest BCUT2D eigenvalue weighted by Crippen LogP contribution is 2.42. The van der Waals surface area contributed by atoms with Gasteiger partial charge in [-0.25, -0.2) is 9.59 Å². The van der Waals surface area contributed by atoms with Crippen LogP contribution in [0.1, 0.15) is 54.2 Å². The van der Waals surface area contributed by atoms with Crippen LogP contribution in [0.5, 0.6) is 28.7 Å². The lowest BCUT2D eigenvalue weighted by Crippen LogP contribution is -2.41. The van der Waals surface area contributed by atoms with E-state index < -0.39 is 20.3 Å². The fourth-order valence-corrected chi connectivity index (χ4v) is 5.54. The van der Waals surface area contributed by atoms with Crippen LogP contribution >= 0.6 is 0 Å². The topological polar surface area (TPSA) is 144 Å². The second-order valence-corrected chi connectivity index (χ2v) is 17.0. The SMILES string of the molecule is COCOc1c(OC)ccc(OC)c1CC(=O)CCc1cc(/C=C(/O[Si](C)(C)C(C)(C)C)C(=O)OC)c(C(=O)OC)c(OC)c1OCOC. The molecule has 14 heteroatoms. The van der Waals surface area contributed by atoms with Gasteiger partial charge in [-0.05, 0) is 60.0 Å². The summed E-state index contributed by atoms with van der Waals surface area (Å²) in [6.07, 6.45) is 1.55. The van der Waals surface area contributed by atoms with Crippen molar-refractivity contribution in [2.45, 2.75) is 58.2 Å². The summed E-state index contributed by atoms with van der Waals surface area (Å²) < 4.78 is 55.1. The van der Waals surface area contributed by atoms with Crippen LogP contribution in [0.15, 0.2) is 24.0 Å². The van der Waals surface area contributed by atoms with E-state index in [2.05, 4.69) is 0 Å². The minimum atomic E-state index is -2.55. The number of hydrogen-bond acceptors (Lipinski definition) is 13. The average molecular weight is 707 g/mol. The molecule has 272 valence electrons. The van der Waals surface area contributed by atoms with Gasteiger partial charge in [0.2, 0.25) is 0 Å². The molecule has 0 aromatic heterocycles. The molecule has 0 heterocycles. The Morgan fingerprint density at radius 2 is 1.37 bits per heavy atom. The van der Waals surface area contributed by atoms with Crippen LogP contribution < -0.4 is 23.7 Å². The third-order valence-electron chi connectivity index (χ3n) is 8.09. The molecule has 0 N–H and O–H groups in total. The molecule has 0 spiro atoms. The standard InChI is InChI=1S/C35H50O13Si/c1-35(2,3)49(11,12)48-28(33(37)44-9)18-23-17-22(30(46-20-39-4)32(43-8)29(23)34(38)45-10)13-14-24(36)19-25-26(41-6)15-16-27(42-7)31(25)47-21-40-5/h15-18H,13-14,19-21H2,1-12H3/b28-18+. The molecule has 0 aliphatic carbocycles. The first-order valence-electron chi connectivity index (χ1n) is 15.4. The number of aryl methyl sites for hydroxylation is 1. The molecule has 0 aliphatic rings. The zero-order valence-corrected chi connectivity index (χ0v) is 31.7. The zero-order valence-electron chi connectivity index (χ0n) is 30.7. The average Bonchev–Trinajstić information content (AvgIpc) is 3.07. The molecular weight excluding hydrogens is 656 g/mol. The van der Waals surface area contributed by atoms with Crippen LogP contribution in [0.25, 0.3) is 6.08 Å². The number of ether oxygens (including phenoxy) is 9. The van der Waals surface area contributed by atoms with Crippen molar-refractivity contribution in [3.05, 3.63) is 46.2 Å². The molecule has 49 heavy (non-hydrogen) atoms. The highest BCUT2D eigenvalue weighted by molar-refractivity contribution is 6.74. The number of hydrogen-bond donors (Lipinski definition) is 0. The maximum absolute atomic E-state index is 13.6. The predicted octanol–water partition coefficient (Wildman–Crippen LogP) is 5.74. The maximum atomic E-state index is 13.6. The van der Waals surface area contributed by atoms with Crippen molar-refractivity contribution in [3.63, 3.8) is 0 Å². The van der Waals surface area contributed by atoms with Gasteiger partial charge in [0.1, 0.15) is 17.1 Å². The van der Waals surface area contributed by atoms with Gasteiger partial charge in [-0.3, -0.25) is 4.79 Å². The van der Waals surface area contributed by atoms with Crippen LogP contribution in [-0.2, 0) is 45.8 Å². The van der Waals surface area contributed by atoms with Crippen molar-refractivity contribution in [2.75, 3.05) is 63.4 Å². The summed E-state index contributed by atoms with van der Waals surface area (Å²) in [7, 11) is 7.20. The summed E-state index contributed by atoms with van der Waals surface area (Å²) in [4.78, 5) is 39.9. The second-order valence-electron chi connectivity index (χ2n) is 12.3. The van der Waals surface area contributed by atoms with Gasteiger partial charge in [0.25, 0.3) is 8.32 Å². The summed E-state index contributed by atoms with van der Waals surface area (Å²) in [5.74, 6) is -0.361. The normalized spacial score (nSPS) is 11.8. The summed E-state index contributed by atoms with van der Waals surface area (Å²) in [6.45, 7) is 9.79. The van der Waals surface area contributed by atoms with Gasteiger partial charge in [-0.15, -0.1) is 0 Å². The van der Waals surface area contributed by atoms with E-state index in [4.69, 9.17) is 47.1 Å². The molecule has 0 saturated heterocycles. The van der Waals surface area contributed by atoms with E-state index in [-0.39, 0.29) is 72.1 Å². The van der Waals surface area contributed by atoms with Crippen molar-refractivity contribution in [3.8, 4) is 28.7 Å².